The molecule has 0 amide bonds. The molecule has 0 N–H and O–H groups in total. The van der Waals surface area contributed by atoms with Gasteiger partial charge in [-0.15, -0.1) is 0 Å². The molecule has 8 rings (SSSR count). The van der Waals surface area contributed by atoms with Crippen molar-refractivity contribution in [2.75, 3.05) is 0 Å². The van der Waals surface area contributed by atoms with Gasteiger partial charge < -0.3 is 0 Å². The standard InChI is InChI=1S/C60H50/c1-9-17-39(5)43-21-13-25-47(33-43)55-37-56(48-26-14-22-44(34-48)40(6)18-10-2)52-31-32-54-58(50-28-16-24-46(36-50)42(8)20-12-4)38-57(53-30-29-51(55)59(52)60(53)54)49-27-15-23-45(35-49)41(7)19-11-3/h9-38H,5-8H2,1-4H3/b17-9-,18-10-,19-11-,20-12-. The van der Waals surface area contributed by atoms with E-state index in [-0.39, 0.29) is 0 Å². The van der Waals surface area contributed by atoms with Crippen LogP contribution in [0.15, 0.2) is 208 Å². The molecule has 290 valence electrons. The van der Waals surface area contributed by atoms with Gasteiger partial charge in [-0.2, -0.15) is 0 Å². The van der Waals surface area contributed by atoms with Crippen LogP contribution in [0.1, 0.15) is 49.9 Å². The number of hydrogen-bond donors (Lipinski definition) is 0. The van der Waals surface area contributed by atoms with E-state index in [0.717, 1.165) is 66.8 Å². The maximum Gasteiger partial charge on any atom is -0.00139 e. The molecule has 0 aliphatic rings. The fourth-order valence-corrected chi connectivity index (χ4v) is 8.68. The third-order valence-corrected chi connectivity index (χ3v) is 11.5. The first-order valence-corrected chi connectivity index (χ1v) is 20.7. The molecule has 0 heteroatoms. The summed E-state index contributed by atoms with van der Waals surface area (Å²) in [6, 6.07) is 49.4. The lowest BCUT2D eigenvalue weighted by molar-refractivity contribution is 1.57. The fourth-order valence-electron chi connectivity index (χ4n) is 8.68. The average Bonchev–Trinajstić information content (AvgIpc) is 3.28. The van der Waals surface area contributed by atoms with Gasteiger partial charge in [0.15, 0.2) is 0 Å². The summed E-state index contributed by atoms with van der Waals surface area (Å²) >= 11 is 0. The Kier molecular flexibility index (Phi) is 11.1. The van der Waals surface area contributed by atoms with E-state index < -0.39 is 0 Å². The summed E-state index contributed by atoms with van der Waals surface area (Å²) < 4.78 is 0. The van der Waals surface area contributed by atoms with Gasteiger partial charge >= 0.3 is 0 Å². The van der Waals surface area contributed by atoms with Crippen LogP contribution in [0, 0.1) is 0 Å². The SMILES string of the molecule is C=C(/C=C\C)c1cccc(-c2cc(-c3cccc(C(=C)/C=C\C)c3)c3ccc4c(-c5cccc(C(=C)/C=C\C)c5)cc(-c5cccc(C(=C)/C=C\C)c5)c5ccc2c3c54)c1. The lowest BCUT2D eigenvalue weighted by Crippen LogP contribution is -1.95. The van der Waals surface area contributed by atoms with Crippen LogP contribution in [-0.4, -0.2) is 0 Å². The molecule has 0 aliphatic heterocycles. The smallest absolute Gasteiger partial charge is 0.00139 e. The topological polar surface area (TPSA) is 0 Å². The Morgan fingerprint density at radius 1 is 0.317 bits per heavy atom. The summed E-state index contributed by atoms with van der Waals surface area (Å²) in [6.45, 7) is 25.7. The van der Waals surface area contributed by atoms with Crippen LogP contribution in [0.25, 0.3) is 99.1 Å². The summed E-state index contributed by atoms with van der Waals surface area (Å²) in [5, 5.41) is 7.35. The second kappa shape index (κ2) is 16.9. The van der Waals surface area contributed by atoms with Gasteiger partial charge in [0.25, 0.3) is 0 Å². The van der Waals surface area contributed by atoms with Crippen molar-refractivity contribution in [2.24, 2.45) is 0 Å². The fraction of sp³-hybridized carbons (Fsp3) is 0.0667. The van der Waals surface area contributed by atoms with Gasteiger partial charge in [0.2, 0.25) is 0 Å². The Hall–Kier alpha value is -7.28. The zero-order valence-electron chi connectivity index (χ0n) is 35.1. The molecule has 0 bridgehead atoms. The Morgan fingerprint density at radius 3 is 0.767 bits per heavy atom. The van der Waals surface area contributed by atoms with E-state index in [2.05, 4.69) is 184 Å². The van der Waals surface area contributed by atoms with E-state index >= 15 is 0 Å². The summed E-state index contributed by atoms with van der Waals surface area (Å²) in [5.74, 6) is 0. The van der Waals surface area contributed by atoms with Gasteiger partial charge in [0.1, 0.15) is 0 Å². The Balaban J connectivity index is 1.52. The molecule has 0 saturated carbocycles. The Morgan fingerprint density at radius 2 is 0.550 bits per heavy atom. The van der Waals surface area contributed by atoms with Crippen molar-refractivity contribution in [2.45, 2.75) is 27.7 Å². The number of benzene rings is 8. The zero-order chi connectivity index (χ0) is 41.9. The third-order valence-electron chi connectivity index (χ3n) is 11.5. The van der Waals surface area contributed by atoms with Gasteiger partial charge in [-0.3, -0.25) is 0 Å². The molecule has 0 atom stereocenters. The van der Waals surface area contributed by atoms with Crippen LogP contribution in [-0.2, 0) is 0 Å². The lowest BCUT2D eigenvalue weighted by Gasteiger charge is -2.22. The number of hydrogen-bond acceptors (Lipinski definition) is 0. The molecule has 0 aromatic heterocycles. The van der Waals surface area contributed by atoms with E-state index in [1.165, 1.54) is 54.6 Å². The summed E-state index contributed by atoms with van der Waals surface area (Å²) in [6.07, 6.45) is 16.5. The highest BCUT2D eigenvalue weighted by atomic mass is 14.2. The molecular weight excluding hydrogens is 721 g/mol. The van der Waals surface area contributed by atoms with Crippen molar-refractivity contribution in [1.29, 1.82) is 0 Å². The highest BCUT2D eigenvalue weighted by Crippen LogP contribution is 2.49. The Labute approximate surface area is 355 Å². The number of rotatable bonds is 12. The first-order chi connectivity index (χ1) is 29.2. The molecule has 60 heavy (non-hydrogen) atoms. The van der Waals surface area contributed by atoms with Crippen LogP contribution in [0.3, 0.4) is 0 Å². The molecule has 0 heterocycles. The highest BCUT2D eigenvalue weighted by molar-refractivity contribution is 6.32. The molecule has 0 radical (unpaired) electrons. The van der Waals surface area contributed by atoms with Crippen LogP contribution in [0.5, 0.6) is 0 Å². The van der Waals surface area contributed by atoms with Crippen LogP contribution >= 0.6 is 0 Å². The van der Waals surface area contributed by atoms with Crippen molar-refractivity contribution in [3.63, 3.8) is 0 Å². The molecule has 0 aliphatic carbocycles. The normalized spacial score (nSPS) is 12.0. The van der Waals surface area contributed by atoms with E-state index in [1.807, 2.05) is 52.0 Å². The van der Waals surface area contributed by atoms with Gasteiger partial charge in [-0.05, 0) is 185 Å². The maximum absolute atomic E-state index is 4.40. The molecule has 0 spiro atoms. The van der Waals surface area contributed by atoms with Gasteiger partial charge in [0, 0.05) is 0 Å². The maximum atomic E-state index is 4.40. The van der Waals surface area contributed by atoms with E-state index in [0.29, 0.717) is 0 Å². The molecule has 0 unspecified atom stereocenters. The van der Waals surface area contributed by atoms with Gasteiger partial charge in [-0.25, -0.2) is 0 Å². The quantitative estimate of drug-likeness (QED) is 0.0857. The van der Waals surface area contributed by atoms with Gasteiger partial charge in [-0.1, -0.05) is 172 Å². The van der Waals surface area contributed by atoms with Crippen molar-refractivity contribution in [3.8, 4) is 44.5 Å². The Bertz CT molecular complexity index is 2710. The van der Waals surface area contributed by atoms with E-state index in [4.69, 9.17) is 0 Å². The zero-order valence-corrected chi connectivity index (χ0v) is 35.1. The van der Waals surface area contributed by atoms with Crippen molar-refractivity contribution < 1.29 is 0 Å². The second-order valence-electron chi connectivity index (χ2n) is 15.4. The predicted octanol–water partition coefficient (Wildman–Crippen LogP) is 17.6. The third kappa shape index (κ3) is 7.34. The first kappa shape index (κ1) is 39.5. The van der Waals surface area contributed by atoms with Crippen molar-refractivity contribution in [1.82, 2.24) is 0 Å². The second-order valence-corrected chi connectivity index (χ2v) is 15.4. The largest absolute Gasteiger partial charge is 0.0912 e. The van der Waals surface area contributed by atoms with E-state index in [1.54, 1.807) is 0 Å². The molecule has 8 aromatic carbocycles. The van der Waals surface area contributed by atoms with Crippen molar-refractivity contribution >= 4 is 54.6 Å². The summed E-state index contributed by atoms with van der Waals surface area (Å²) in [4.78, 5) is 0. The first-order valence-electron chi connectivity index (χ1n) is 20.7. The minimum Gasteiger partial charge on any atom is -0.0912 e. The molecule has 0 nitrogen and oxygen atoms in total. The molecule has 8 aromatic rings. The van der Waals surface area contributed by atoms with Crippen LogP contribution in [0.4, 0.5) is 0 Å². The van der Waals surface area contributed by atoms with E-state index in [9.17, 15) is 0 Å². The average molecular weight is 771 g/mol. The van der Waals surface area contributed by atoms with Gasteiger partial charge in [0.05, 0.1) is 0 Å². The highest BCUT2D eigenvalue weighted by Gasteiger charge is 2.22. The summed E-state index contributed by atoms with van der Waals surface area (Å²) in [5.41, 5.74) is 17.7. The van der Waals surface area contributed by atoms with Crippen molar-refractivity contribution in [3.05, 3.63) is 231 Å². The number of allylic oxidation sites excluding steroid dienone is 12. The monoisotopic (exact) mass is 770 g/mol. The summed E-state index contributed by atoms with van der Waals surface area (Å²) in [7, 11) is 0. The minimum atomic E-state index is 0.987. The molecule has 0 saturated heterocycles. The predicted molar refractivity (Wildman–Crippen MR) is 267 cm³/mol. The van der Waals surface area contributed by atoms with Crippen LogP contribution in [0.2, 0.25) is 0 Å². The van der Waals surface area contributed by atoms with Crippen LogP contribution < -0.4 is 0 Å². The lowest BCUT2D eigenvalue weighted by atomic mass is 9.81. The molecular formula is C60H50. The molecule has 0 fully saturated rings. The minimum absolute atomic E-state index is 0.987.